The van der Waals surface area contributed by atoms with E-state index in [4.69, 9.17) is 16.3 Å². The number of nitrogens with zero attached hydrogens (tertiary/aromatic N) is 1. The Morgan fingerprint density at radius 3 is 2.88 bits per heavy atom. The molecule has 0 saturated heterocycles. The van der Waals surface area contributed by atoms with Gasteiger partial charge < -0.3 is 10.1 Å². The lowest BCUT2D eigenvalue weighted by atomic mass is 10.1. The first kappa shape index (κ1) is 14.0. The highest BCUT2D eigenvalue weighted by molar-refractivity contribution is 6.32. The van der Waals surface area contributed by atoms with Crippen LogP contribution < -0.4 is 10.9 Å². The van der Waals surface area contributed by atoms with Gasteiger partial charge in [-0.1, -0.05) is 25.4 Å². The van der Waals surface area contributed by atoms with Crippen LogP contribution >= 0.6 is 11.6 Å². The molecule has 1 unspecified atom stereocenters. The lowest BCUT2D eigenvalue weighted by Crippen LogP contribution is -2.31. The minimum Gasteiger partial charge on any atom is -0.380 e. The van der Waals surface area contributed by atoms with Crippen LogP contribution in [0.3, 0.4) is 0 Å². The highest BCUT2D eigenvalue weighted by Crippen LogP contribution is 2.18. The van der Waals surface area contributed by atoms with Gasteiger partial charge in [0.25, 0.3) is 5.56 Å². The third kappa shape index (κ3) is 4.02. The Bertz CT molecular complexity index is 406. The molecule has 2 N–H and O–H groups in total. The summed E-state index contributed by atoms with van der Waals surface area (Å²) in [7, 11) is 0. The van der Waals surface area contributed by atoms with Crippen LogP contribution in [0, 0.1) is 5.92 Å². The first-order valence-electron chi connectivity index (χ1n) is 5.63. The number of H-pyrrole nitrogens is 1. The fourth-order valence-corrected chi connectivity index (χ4v) is 1.48. The molecule has 1 rings (SSSR count). The van der Waals surface area contributed by atoms with Crippen LogP contribution in [0.1, 0.15) is 20.8 Å². The largest absolute Gasteiger partial charge is 0.380 e. The van der Waals surface area contributed by atoms with Gasteiger partial charge in [0, 0.05) is 6.61 Å². The average Bonchev–Trinajstić information content (AvgIpc) is 2.29. The van der Waals surface area contributed by atoms with Gasteiger partial charge in [-0.15, -0.1) is 0 Å². The second-order valence-corrected chi connectivity index (χ2v) is 4.46. The standard InChI is InChI=1S/C11H18ClN3O2/c1-4-17-6-9(7(2)3)14-8-5-13-15-11(16)10(8)12/h5,7,9H,4,6H2,1-3H3,(H2,14,15,16). The Labute approximate surface area is 106 Å². The molecule has 0 amide bonds. The fourth-order valence-electron chi connectivity index (χ4n) is 1.33. The van der Waals surface area contributed by atoms with Gasteiger partial charge in [0.05, 0.1) is 24.5 Å². The van der Waals surface area contributed by atoms with Crippen LogP contribution in [-0.4, -0.2) is 29.5 Å². The van der Waals surface area contributed by atoms with Gasteiger partial charge in [0.2, 0.25) is 0 Å². The Morgan fingerprint density at radius 1 is 1.59 bits per heavy atom. The van der Waals surface area contributed by atoms with E-state index in [0.29, 0.717) is 24.8 Å². The molecule has 0 saturated carbocycles. The second-order valence-electron chi connectivity index (χ2n) is 4.08. The number of nitrogens with one attached hydrogen (secondary N) is 2. The van der Waals surface area contributed by atoms with E-state index in [9.17, 15) is 4.79 Å². The van der Waals surface area contributed by atoms with Crippen molar-refractivity contribution >= 4 is 17.3 Å². The maximum Gasteiger partial charge on any atom is 0.285 e. The van der Waals surface area contributed by atoms with Crippen molar-refractivity contribution in [1.82, 2.24) is 10.2 Å². The van der Waals surface area contributed by atoms with E-state index < -0.39 is 5.56 Å². The lowest BCUT2D eigenvalue weighted by Gasteiger charge is -2.23. The van der Waals surface area contributed by atoms with Crippen molar-refractivity contribution in [1.29, 1.82) is 0 Å². The third-order valence-electron chi connectivity index (χ3n) is 2.44. The first-order valence-corrected chi connectivity index (χ1v) is 6.01. The average molecular weight is 260 g/mol. The fraction of sp³-hybridized carbons (Fsp3) is 0.636. The minimum atomic E-state index is -0.393. The second kappa shape index (κ2) is 6.61. The number of hydrogen-bond acceptors (Lipinski definition) is 4. The SMILES string of the molecule is CCOCC(Nc1cn[nH]c(=O)c1Cl)C(C)C. The van der Waals surface area contributed by atoms with Gasteiger partial charge >= 0.3 is 0 Å². The lowest BCUT2D eigenvalue weighted by molar-refractivity contribution is 0.127. The zero-order valence-corrected chi connectivity index (χ0v) is 11.0. The summed E-state index contributed by atoms with van der Waals surface area (Å²) in [5, 5.41) is 9.30. The summed E-state index contributed by atoms with van der Waals surface area (Å²) in [6, 6.07) is 0.0936. The van der Waals surface area contributed by atoms with Gasteiger partial charge in [0.1, 0.15) is 5.02 Å². The van der Waals surface area contributed by atoms with Crippen LogP contribution in [0.2, 0.25) is 5.02 Å². The minimum absolute atomic E-state index is 0.0936. The van der Waals surface area contributed by atoms with E-state index in [1.807, 2.05) is 6.92 Å². The molecule has 1 aromatic heterocycles. The molecular weight excluding hydrogens is 242 g/mol. The Morgan fingerprint density at radius 2 is 2.29 bits per heavy atom. The number of aromatic amines is 1. The summed E-state index contributed by atoms with van der Waals surface area (Å²) < 4.78 is 5.39. The van der Waals surface area contributed by atoms with Gasteiger partial charge in [-0.2, -0.15) is 5.10 Å². The van der Waals surface area contributed by atoms with Crippen molar-refractivity contribution < 1.29 is 4.74 Å². The molecule has 0 radical (unpaired) electrons. The molecular formula is C11H18ClN3O2. The van der Waals surface area contributed by atoms with Crippen molar-refractivity contribution in [3.05, 3.63) is 21.6 Å². The van der Waals surface area contributed by atoms with Gasteiger partial charge in [-0.05, 0) is 12.8 Å². The number of aromatic nitrogens is 2. The molecule has 0 aliphatic rings. The molecule has 0 aliphatic carbocycles. The Hall–Kier alpha value is -1.07. The summed E-state index contributed by atoms with van der Waals surface area (Å²) in [5.74, 6) is 0.358. The van der Waals surface area contributed by atoms with E-state index in [2.05, 4.69) is 29.4 Å². The van der Waals surface area contributed by atoms with Crippen LogP contribution in [0.15, 0.2) is 11.0 Å². The number of ether oxygens (including phenoxy) is 1. The third-order valence-corrected chi connectivity index (χ3v) is 2.82. The zero-order chi connectivity index (χ0) is 12.8. The molecule has 1 aromatic rings. The highest BCUT2D eigenvalue weighted by Gasteiger charge is 2.15. The van der Waals surface area contributed by atoms with Gasteiger partial charge in [-0.25, -0.2) is 5.10 Å². The van der Waals surface area contributed by atoms with E-state index >= 15 is 0 Å². The predicted octanol–water partition coefficient (Wildman–Crippen LogP) is 1.90. The summed E-state index contributed by atoms with van der Waals surface area (Å²) in [5.41, 5.74) is 0.143. The molecule has 1 atom stereocenters. The molecule has 96 valence electrons. The highest BCUT2D eigenvalue weighted by atomic mass is 35.5. The van der Waals surface area contributed by atoms with Crippen LogP contribution in [0.5, 0.6) is 0 Å². The molecule has 0 aromatic carbocycles. The predicted molar refractivity (Wildman–Crippen MR) is 68.6 cm³/mol. The molecule has 0 aliphatic heterocycles. The summed E-state index contributed by atoms with van der Waals surface area (Å²) in [4.78, 5) is 11.3. The molecule has 0 spiro atoms. The summed E-state index contributed by atoms with van der Waals surface area (Å²) in [6.07, 6.45) is 1.51. The monoisotopic (exact) mass is 259 g/mol. The Balaban J connectivity index is 2.78. The topological polar surface area (TPSA) is 67.0 Å². The van der Waals surface area contributed by atoms with Crippen molar-refractivity contribution in [3.8, 4) is 0 Å². The molecule has 5 nitrogen and oxygen atoms in total. The maximum atomic E-state index is 11.3. The quantitative estimate of drug-likeness (QED) is 0.819. The summed E-state index contributed by atoms with van der Waals surface area (Å²) in [6.45, 7) is 7.32. The molecule has 0 fully saturated rings. The number of halogens is 1. The maximum absolute atomic E-state index is 11.3. The van der Waals surface area contributed by atoms with Crippen molar-refractivity contribution in [3.63, 3.8) is 0 Å². The normalized spacial score (nSPS) is 12.8. The van der Waals surface area contributed by atoms with Crippen LogP contribution in [0.4, 0.5) is 5.69 Å². The van der Waals surface area contributed by atoms with E-state index in [-0.39, 0.29) is 11.1 Å². The van der Waals surface area contributed by atoms with Crippen LogP contribution in [-0.2, 0) is 4.74 Å². The summed E-state index contributed by atoms with van der Waals surface area (Å²) >= 11 is 5.89. The van der Waals surface area contributed by atoms with Crippen molar-refractivity contribution in [2.24, 2.45) is 5.92 Å². The first-order chi connectivity index (χ1) is 8.06. The molecule has 0 bridgehead atoms. The number of hydrogen-bond donors (Lipinski definition) is 2. The zero-order valence-electron chi connectivity index (χ0n) is 10.3. The number of anilines is 1. The van der Waals surface area contributed by atoms with Gasteiger partial charge in [0.15, 0.2) is 0 Å². The van der Waals surface area contributed by atoms with Gasteiger partial charge in [-0.3, -0.25) is 4.79 Å². The molecule has 17 heavy (non-hydrogen) atoms. The molecule has 6 heteroatoms. The van der Waals surface area contributed by atoms with E-state index in [0.717, 1.165) is 0 Å². The van der Waals surface area contributed by atoms with Crippen molar-refractivity contribution in [2.75, 3.05) is 18.5 Å². The smallest absolute Gasteiger partial charge is 0.285 e. The van der Waals surface area contributed by atoms with Crippen molar-refractivity contribution in [2.45, 2.75) is 26.8 Å². The molecule has 1 heterocycles. The van der Waals surface area contributed by atoms with Crippen LogP contribution in [0.25, 0.3) is 0 Å². The number of rotatable bonds is 6. The van der Waals surface area contributed by atoms with E-state index in [1.165, 1.54) is 6.20 Å². The Kier molecular flexibility index (Phi) is 5.44. The van der Waals surface area contributed by atoms with E-state index in [1.54, 1.807) is 0 Å².